The number of nitrogens with two attached hydrogens (primary N) is 1. The average molecular weight is 285 g/mol. The molecule has 0 saturated carbocycles. The molecule has 1 fully saturated rings. The lowest BCUT2D eigenvalue weighted by Gasteiger charge is -2.39. The molecule has 2 rings (SSSR count). The van der Waals surface area contributed by atoms with Crippen molar-refractivity contribution in [3.8, 4) is 0 Å². The molecule has 18 heavy (non-hydrogen) atoms. The molecule has 0 bridgehead atoms. The van der Waals surface area contributed by atoms with Crippen molar-refractivity contribution < 1.29 is 0 Å². The summed E-state index contributed by atoms with van der Waals surface area (Å²) in [6.45, 7) is 7.42. The van der Waals surface area contributed by atoms with Crippen LogP contribution in [-0.2, 0) is 6.42 Å². The lowest BCUT2D eigenvalue weighted by molar-refractivity contribution is 0.647. The molecule has 0 unspecified atom stereocenters. The van der Waals surface area contributed by atoms with Crippen LogP contribution in [-0.4, -0.2) is 30.1 Å². The molecular formula is C14H21ClN2S. The van der Waals surface area contributed by atoms with Gasteiger partial charge in [-0.05, 0) is 44.5 Å². The second kappa shape index (κ2) is 5.72. The van der Waals surface area contributed by atoms with Crippen molar-refractivity contribution in [2.45, 2.75) is 25.0 Å². The Morgan fingerprint density at radius 1 is 1.44 bits per heavy atom. The molecule has 2 nitrogen and oxygen atoms in total. The van der Waals surface area contributed by atoms with Crippen molar-refractivity contribution in [1.29, 1.82) is 0 Å². The van der Waals surface area contributed by atoms with Gasteiger partial charge < -0.3 is 10.6 Å². The van der Waals surface area contributed by atoms with E-state index in [1.54, 1.807) is 0 Å². The Kier molecular flexibility index (Phi) is 4.46. The maximum absolute atomic E-state index is 6.31. The van der Waals surface area contributed by atoms with Crippen LogP contribution in [0.1, 0.15) is 19.4 Å². The summed E-state index contributed by atoms with van der Waals surface area (Å²) in [5.74, 6) is 1.18. The number of anilines is 1. The van der Waals surface area contributed by atoms with Crippen LogP contribution < -0.4 is 10.6 Å². The first-order valence-corrected chi connectivity index (χ1v) is 7.75. The van der Waals surface area contributed by atoms with Crippen LogP contribution in [0.4, 0.5) is 5.69 Å². The van der Waals surface area contributed by atoms with Crippen LogP contribution in [0.15, 0.2) is 18.2 Å². The zero-order chi connectivity index (χ0) is 13.2. The lowest BCUT2D eigenvalue weighted by atomic mass is 10.1. The summed E-state index contributed by atoms with van der Waals surface area (Å²) in [5.41, 5.74) is 7.95. The Morgan fingerprint density at radius 2 is 2.22 bits per heavy atom. The number of halogens is 1. The minimum Gasteiger partial charge on any atom is -0.369 e. The second-order valence-electron chi connectivity index (χ2n) is 5.34. The SMILES string of the molecule is CC1(C)CN(c2ccc(CCN)c(Cl)c2)CCS1. The van der Waals surface area contributed by atoms with E-state index in [0.717, 1.165) is 30.1 Å². The Bertz CT molecular complexity index is 420. The molecule has 0 aliphatic carbocycles. The highest BCUT2D eigenvalue weighted by Crippen LogP contribution is 2.33. The molecule has 0 amide bonds. The van der Waals surface area contributed by atoms with E-state index in [1.165, 1.54) is 11.4 Å². The number of benzene rings is 1. The van der Waals surface area contributed by atoms with Crippen molar-refractivity contribution in [2.24, 2.45) is 5.73 Å². The molecule has 1 aliphatic heterocycles. The van der Waals surface area contributed by atoms with Gasteiger partial charge in [0.05, 0.1) is 0 Å². The van der Waals surface area contributed by atoms with Gasteiger partial charge in [0.2, 0.25) is 0 Å². The summed E-state index contributed by atoms with van der Waals surface area (Å²) in [6.07, 6.45) is 0.848. The van der Waals surface area contributed by atoms with Gasteiger partial charge in [-0.2, -0.15) is 11.8 Å². The van der Waals surface area contributed by atoms with Gasteiger partial charge in [-0.25, -0.2) is 0 Å². The summed E-state index contributed by atoms with van der Waals surface area (Å²) in [6, 6.07) is 6.36. The molecule has 0 atom stereocenters. The van der Waals surface area contributed by atoms with Gasteiger partial charge in [0.25, 0.3) is 0 Å². The summed E-state index contributed by atoms with van der Waals surface area (Å²) in [7, 11) is 0. The van der Waals surface area contributed by atoms with E-state index in [0.29, 0.717) is 11.3 Å². The third-order valence-corrected chi connectivity index (χ3v) is 4.89. The molecule has 4 heteroatoms. The van der Waals surface area contributed by atoms with Crippen molar-refractivity contribution in [3.63, 3.8) is 0 Å². The van der Waals surface area contributed by atoms with Crippen LogP contribution >= 0.6 is 23.4 Å². The summed E-state index contributed by atoms with van der Waals surface area (Å²) in [5, 5.41) is 0.842. The van der Waals surface area contributed by atoms with Crippen LogP contribution in [0.2, 0.25) is 5.02 Å². The van der Waals surface area contributed by atoms with Gasteiger partial charge in [0.15, 0.2) is 0 Å². The Morgan fingerprint density at radius 3 is 2.83 bits per heavy atom. The molecule has 1 aromatic carbocycles. The smallest absolute Gasteiger partial charge is 0.0459 e. The normalized spacial score (nSPS) is 19.0. The largest absolute Gasteiger partial charge is 0.369 e. The van der Waals surface area contributed by atoms with E-state index in [2.05, 4.69) is 36.9 Å². The van der Waals surface area contributed by atoms with Gasteiger partial charge in [-0.1, -0.05) is 17.7 Å². The van der Waals surface area contributed by atoms with Crippen molar-refractivity contribution in [1.82, 2.24) is 0 Å². The van der Waals surface area contributed by atoms with E-state index < -0.39 is 0 Å². The van der Waals surface area contributed by atoms with Crippen molar-refractivity contribution in [2.75, 3.05) is 30.3 Å². The Labute approximate surface area is 119 Å². The summed E-state index contributed by atoms with van der Waals surface area (Å²) < 4.78 is 0.320. The second-order valence-corrected chi connectivity index (χ2v) is 7.55. The number of nitrogens with zero attached hydrogens (tertiary/aromatic N) is 1. The minimum atomic E-state index is 0.320. The number of rotatable bonds is 3. The standard InChI is InChI=1S/C14H21ClN2S/c1-14(2)10-17(7-8-18-14)12-4-3-11(5-6-16)13(15)9-12/h3-4,9H,5-8,10,16H2,1-2H3. The lowest BCUT2D eigenvalue weighted by Crippen LogP contribution is -2.43. The topological polar surface area (TPSA) is 29.3 Å². The predicted molar refractivity (Wildman–Crippen MR) is 83.0 cm³/mol. The summed E-state index contributed by atoms with van der Waals surface area (Å²) in [4.78, 5) is 2.43. The molecule has 100 valence electrons. The third kappa shape index (κ3) is 3.34. The van der Waals surface area contributed by atoms with Gasteiger partial charge in [-0.15, -0.1) is 0 Å². The molecule has 0 spiro atoms. The molecule has 1 aromatic rings. The van der Waals surface area contributed by atoms with Crippen molar-refractivity contribution in [3.05, 3.63) is 28.8 Å². The first kappa shape index (κ1) is 14.0. The molecule has 2 N–H and O–H groups in total. The maximum atomic E-state index is 6.31. The predicted octanol–water partition coefficient (Wildman–Crippen LogP) is 3.17. The fourth-order valence-electron chi connectivity index (χ4n) is 2.33. The third-order valence-electron chi connectivity index (χ3n) is 3.24. The van der Waals surface area contributed by atoms with Gasteiger partial charge in [-0.3, -0.25) is 0 Å². The minimum absolute atomic E-state index is 0.320. The highest BCUT2D eigenvalue weighted by atomic mass is 35.5. The number of thioether (sulfide) groups is 1. The quantitative estimate of drug-likeness (QED) is 0.924. The molecular weight excluding hydrogens is 264 g/mol. The van der Waals surface area contributed by atoms with E-state index >= 15 is 0 Å². The van der Waals surface area contributed by atoms with Gasteiger partial charge in [0.1, 0.15) is 0 Å². The Balaban J connectivity index is 2.16. The average Bonchev–Trinajstić information content (AvgIpc) is 2.30. The highest BCUT2D eigenvalue weighted by molar-refractivity contribution is 8.00. The number of hydrogen-bond donors (Lipinski definition) is 1. The van der Waals surface area contributed by atoms with Crippen LogP contribution in [0.3, 0.4) is 0 Å². The maximum Gasteiger partial charge on any atom is 0.0459 e. The van der Waals surface area contributed by atoms with Gasteiger partial charge in [0, 0.05) is 34.3 Å². The van der Waals surface area contributed by atoms with E-state index in [9.17, 15) is 0 Å². The number of hydrogen-bond acceptors (Lipinski definition) is 3. The monoisotopic (exact) mass is 284 g/mol. The van der Waals surface area contributed by atoms with Crippen LogP contribution in [0.5, 0.6) is 0 Å². The first-order chi connectivity index (χ1) is 8.52. The highest BCUT2D eigenvalue weighted by Gasteiger charge is 2.27. The van der Waals surface area contributed by atoms with E-state index in [4.69, 9.17) is 17.3 Å². The van der Waals surface area contributed by atoms with Crippen LogP contribution in [0, 0.1) is 0 Å². The first-order valence-electron chi connectivity index (χ1n) is 6.39. The molecule has 1 saturated heterocycles. The van der Waals surface area contributed by atoms with E-state index in [-0.39, 0.29) is 0 Å². The summed E-state index contributed by atoms with van der Waals surface area (Å²) >= 11 is 8.35. The Hall–Kier alpha value is -0.380. The van der Waals surface area contributed by atoms with Crippen molar-refractivity contribution >= 4 is 29.1 Å². The van der Waals surface area contributed by atoms with Crippen LogP contribution in [0.25, 0.3) is 0 Å². The molecule has 0 radical (unpaired) electrons. The zero-order valence-corrected chi connectivity index (χ0v) is 12.7. The zero-order valence-electron chi connectivity index (χ0n) is 11.1. The molecule has 1 heterocycles. The fourth-order valence-corrected chi connectivity index (χ4v) is 3.71. The fraction of sp³-hybridized carbons (Fsp3) is 0.571. The molecule has 0 aromatic heterocycles. The van der Waals surface area contributed by atoms with E-state index in [1.807, 2.05) is 11.8 Å². The molecule has 1 aliphatic rings. The van der Waals surface area contributed by atoms with Gasteiger partial charge >= 0.3 is 0 Å².